The number of aryl methyl sites for hydroxylation is 1. The van der Waals surface area contributed by atoms with Crippen LogP contribution in [0.25, 0.3) is 30.4 Å². The van der Waals surface area contributed by atoms with E-state index in [9.17, 15) is 9.59 Å². The Kier molecular flexibility index (Phi) is 7.56. The second kappa shape index (κ2) is 11.4. The van der Waals surface area contributed by atoms with Gasteiger partial charge in [0, 0.05) is 0 Å². The molecule has 204 valence electrons. The summed E-state index contributed by atoms with van der Waals surface area (Å²) in [5, 5.41) is 1.34. The summed E-state index contributed by atoms with van der Waals surface area (Å²) >= 11 is 4.62. The molecule has 0 fully saturated rings. The smallest absolute Gasteiger partial charge is 0.343 e. The first-order valence-electron chi connectivity index (χ1n) is 12.2. The van der Waals surface area contributed by atoms with Gasteiger partial charge in [-0.1, -0.05) is 12.1 Å². The van der Waals surface area contributed by atoms with Crippen molar-refractivity contribution in [1.29, 1.82) is 0 Å². The fourth-order valence-electron chi connectivity index (χ4n) is 4.08. The summed E-state index contributed by atoms with van der Waals surface area (Å²) in [5.74, 6) is 0.683. The van der Waals surface area contributed by atoms with Gasteiger partial charge in [0.15, 0.2) is 44.5 Å². The van der Waals surface area contributed by atoms with Crippen LogP contribution in [-0.4, -0.2) is 29.0 Å². The van der Waals surface area contributed by atoms with Crippen LogP contribution >= 0.6 is 45.7 Å². The number of hydrogen-bond acceptors (Lipinski definition) is 10. The van der Waals surface area contributed by atoms with Crippen LogP contribution in [0.1, 0.15) is 26.3 Å². The van der Waals surface area contributed by atoms with Gasteiger partial charge in [-0.2, -0.15) is 0 Å². The number of fused-ring (bicyclic) bond motifs is 2. The zero-order chi connectivity index (χ0) is 28.5. The SMILES string of the molecule is COc1ccc(C(=O)Oc2ccc(OC(=O)c3ccc(OI)cc3)c3sc(-c4nc5cccc(C)c5s4)nc23)cc1. The maximum Gasteiger partial charge on any atom is 0.343 e. The van der Waals surface area contributed by atoms with E-state index >= 15 is 0 Å². The van der Waals surface area contributed by atoms with Gasteiger partial charge in [-0.05, 0) is 79.2 Å². The van der Waals surface area contributed by atoms with Crippen molar-refractivity contribution in [2.45, 2.75) is 6.92 Å². The van der Waals surface area contributed by atoms with E-state index in [1.165, 1.54) is 22.7 Å². The summed E-state index contributed by atoms with van der Waals surface area (Å²) in [7, 11) is 1.55. The number of carbonyl (C=O) groups excluding carboxylic acids is 2. The Morgan fingerprint density at radius 2 is 1.29 bits per heavy atom. The van der Waals surface area contributed by atoms with Gasteiger partial charge < -0.3 is 17.3 Å². The molecular weight excluding hydrogens is 675 g/mol. The average Bonchev–Trinajstić information content (AvgIpc) is 3.65. The minimum Gasteiger partial charge on any atom is -0.497 e. The number of methoxy groups -OCH3 is 1. The number of esters is 2. The molecule has 2 aromatic heterocycles. The maximum absolute atomic E-state index is 13.0. The number of nitrogens with zero attached hydrogens (tertiary/aromatic N) is 2. The number of thiazole rings is 2. The van der Waals surface area contributed by atoms with Crippen molar-refractivity contribution >= 4 is 78.1 Å². The summed E-state index contributed by atoms with van der Waals surface area (Å²) in [6.45, 7) is 2.04. The van der Waals surface area contributed by atoms with Gasteiger partial charge in [0.2, 0.25) is 0 Å². The molecule has 0 spiro atoms. The summed E-state index contributed by atoms with van der Waals surface area (Å²) in [4.78, 5) is 35.6. The highest BCUT2D eigenvalue weighted by molar-refractivity contribution is 14.1. The van der Waals surface area contributed by atoms with E-state index in [0.717, 1.165) is 20.8 Å². The fourth-order valence-corrected chi connectivity index (χ4v) is 6.46. The molecule has 0 aliphatic heterocycles. The predicted molar refractivity (Wildman–Crippen MR) is 167 cm³/mol. The maximum atomic E-state index is 13.0. The third kappa shape index (κ3) is 5.47. The van der Waals surface area contributed by atoms with Crippen LogP contribution in [0.2, 0.25) is 0 Å². The fraction of sp³-hybridized carbons (Fsp3) is 0.0667. The van der Waals surface area contributed by atoms with Crippen molar-refractivity contribution < 1.29 is 26.9 Å². The van der Waals surface area contributed by atoms with E-state index in [0.29, 0.717) is 43.6 Å². The molecule has 11 heteroatoms. The molecule has 2 heterocycles. The zero-order valence-electron chi connectivity index (χ0n) is 21.5. The molecule has 0 amide bonds. The van der Waals surface area contributed by atoms with Crippen molar-refractivity contribution in [3.8, 4) is 33.0 Å². The van der Waals surface area contributed by atoms with E-state index in [2.05, 4.69) is 0 Å². The first-order chi connectivity index (χ1) is 19.9. The number of carbonyl (C=O) groups is 2. The average molecular weight is 695 g/mol. The third-order valence-electron chi connectivity index (χ3n) is 6.18. The molecule has 41 heavy (non-hydrogen) atoms. The monoisotopic (exact) mass is 694 g/mol. The van der Waals surface area contributed by atoms with E-state index < -0.39 is 11.9 Å². The first kappa shape index (κ1) is 27.1. The highest BCUT2D eigenvalue weighted by atomic mass is 127. The Morgan fingerprint density at radius 3 is 1.93 bits per heavy atom. The van der Waals surface area contributed by atoms with Crippen molar-refractivity contribution in [3.05, 3.63) is 95.6 Å². The molecule has 8 nitrogen and oxygen atoms in total. The van der Waals surface area contributed by atoms with Crippen molar-refractivity contribution in [1.82, 2.24) is 9.97 Å². The largest absolute Gasteiger partial charge is 0.497 e. The Labute approximate surface area is 256 Å². The van der Waals surface area contributed by atoms with Crippen LogP contribution in [0.3, 0.4) is 0 Å². The van der Waals surface area contributed by atoms with E-state index in [1.54, 1.807) is 90.8 Å². The number of halogens is 1. The minimum absolute atomic E-state index is 0.240. The number of benzene rings is 4. The summed E-state index contributed by atoms with van der Waals surface area (Å²) in [5.41, 5.74) is 3.10. The quantitative estimate of drug-likeness (QED) is 0.0941. The van der Waals surface area contributed by atoms with Gasteiger partial charge in [0.1, 0.15) is 21.7 Å². The highest BCUT2D eigenvalue weighted by Gasteiger charge is 2.22. The second-order valence-electron chi connectivity index (χ2n) is 8.81. The van der Waals surface area contributed by atoms with Crippen LogP contribution in [-0.2, 0) is 0 Å². The minimum atomic E-state index is -0.554. The summed E-state index contributed by atoms with van der Waals surface area (Å²) < 4.78 is 23.5. The van der Waals surface area contributed by atoms with Crippen molar-refractivity contribution in [3.63, 3.8) is 0 Å². The lowest BCUT2D eigenvalue weighted by molar-refractivity contribution is 0.0723. The van der Waals surface area contributed by atoms with E-state index in [1.807, 2.05) is 25.1 Å². The van der Waals surface area contributed by atoms with Gasteiger partial charge in [-0.15, -0.1) is 22.7 Å². The Balaban J connectivity index is 1.40. The predicted octanol–water partition coefficient (Wildman–Crippen LogP) is 8.06. The van der Waals surface area contributed by atoms with Crippen LogP contribution in [0.4, 0.5) is 0 Å². The number of ether oxygens (including phenoxy) is 3. The Hall–Kier alpha value is -4.07. The second-order valence-corrected chi connectivity index (χ2v) is 11.2. The number of hydrogen-bond donors (Lipinski definition) is 0. The van der Waals surface area contributed by atoms with Gasteiger partial charge >= 0.3 is 11.9 Å². The molecule has 6 aromatic rings. The number of aromatic nitrogens is 2. The molecule has 0 saturated carbocycles. The van der Waals surface area contributed by atoms with Crippen LogP contribution in [0.5, 0.6) is 23.0 Å². The van der Waals surface area contributed by atoms with Crippen LogP contribution < -0.4 is 17.3 Å². The van der Waals surface area contributed by atoms with Gasteiger partial charge in [0.25, 0.3) is 0 Å². The molecule has 0 N–H and O–H groups in total. The lowest BCUT2D eigenvalue weighted by Gasteiger charge is -2.09. The Morgan fingerprint density at radius 1 is 0.707 bits per heavy atom. The van der Waals surface area contributed by atoms with Crippen LogP contribution in [0, 0.1) is 6.92 Å². The van der Waals surface area contributed by atoms with Gasteiger partial charge in [0.05, 0.1) is 28.5 Å². The van der Waals surface area contributed by atoms with Crippen molar-refractivity contribution in [2.75, 3.05) is 7.11 Å². The topological polar surface area (TPSA) is 96.8 Å². The standard InChI is InChI=1S/C30H19IN2O6S2/c1-16-4-3-5-21-25(16)40-27(32-21)28-33-24-22(37-29(34)17-6-10-19(36-2)11-7-17)14-15-23(26(24)41-28)38-30(35)18-8-12-20(39-31)13-9-18/h3-15H,1-2H3. The molecule has 0 atom stereocenters. The number of rotatable bonds is 7. The lowest BCUT2D eigenvalue weighted by atomic mass is 10.2. The normalized spacial score (nSPS) is 11.0. The molecule has 0 aliphatic carbocycles. The highest BCUT2D eigenvalue weighted by Crippen LogP contribution is 2.43. The Bertz CT molecular complexity index is 1820. The molecule has 0 saturated heterocycles. The van der Waals surface area contributed by atoms with Crippen molar-refractivity contribution in [2.24, 2.45) is 0 Å². The molecule has 0 unspecified atom stereocenters. The molecule has 4 aromatic carbocycles. The molecule has 0 aliphatic rings. The molecule has 0 bridgehead atoms. The zero-order valence-corrected chi connectivity index (χ0v) is 25.3. The molecule has 0 radical (unpaired) electrons. The first-order valence-corrected chi connectivity index (χ1v) is 14.7. The van der Waals surface area contributed by atoms with Gasteiger partial charge in [-0.3, -0.25) is 0 Å². The summed E-state index contributed by atoms with van der Waals surface area (Å²) in [6.07, 6.45) is 0. The lowest BCUT2D eigenvalue weighted by Crippen LogP contribution is -2.10. The van der Waals surface area contributed by atoms with Gasteiger partial charge in [-0.25, -0.2) is 19.6 Å². The van der Waals surface area contributed by atoms with E-state index in [-0.39, 0.29) is 5.75 Å². The van der Waals surface area contributed by atoms with E-state index in [4.69, 9.17) is 27.2 Å². The van der Waals surface area contributed by atoms with Crippen LogP contribution in [0.15, 0.2) is 78.9 Å². The third-order valence-corrected chi connectivity index (χ3v) is 9.10. The summed E-state index contributed by atoms with van der Waals surface area (Å²) in [6, 6.07) is 22.4. The molecular formula is C30H19IN2O6S2. The molecule has 6 rings (SSSR count).